The Morgan fingerprint density at radius 3 is 2.17 bits per heavy atom. The summed E-state index contributed by atoms with van der Waals surface area (Å²) in [7, 11) is 0. The number of alkyl halides is 3. The number of thiazole rings is 1. The van der Waals surface area contributed by atoms with E-state index in [4.69, 9.17) is 17.0 Å². The average molecular weight is 989 g/mol. The minimum atomic E-state index is -4.85. The van der Waals surface area contributed by atoms with Crippen molar-refractivity contribution in [2.24, 2.45) is 0 Å². The summed E-state index contributed by atoms with van der Waals surface area (Å²) in [5.41, 5.74) is 1.65. The number of β-amino-alcohol motifs (C(OH)–C–C–N with tert-alkyl or cyclic N) is 1. The summed E-state index contributed by atoms with van der Waals surface area (Å²) in [6, 6.07) is 17.2. The van der Waals surface area contributed by atoms with Crippen LogP contribution in [0.3, 0.4) is 0 Å². The fourth-order valence-electron chi connectivity index (χ4n) is 7.63. The number of nitriles is 1. The molecule has 0 radical (unpaired) electrons. The number of rotatable bonds is 19. The van der Waals surface area contributed by atoms with Crippen molar-refractivity contribution < 1.29 is 56.6 Å². The molecule has 6 rings (SSSR count). The summed E-state index contributed by atoms with van der Waals surface area (Å²) >= 11 is 7.09. The molecule has 0 spiro atoms. The molecule has 1 aromatic heterocycles. The van der Waals surface area contributed by atoms with Gasteiger partial charge in [-0.3, -0.25) is 38.5 Å². The maximum Gasteiger partial charge on any atom is 0.417 e. The molecular weight excluding hydrogens is 942 g/mol. The molecular formula is C47H47F3N8O9S2. The van der Waals surface area contributed by atoms with Crippen molar-refractivity contribution in [3.8, 4) is 22.3 Å². The lowest BCUT2D eigenvalue weighted by molar-refractivity contribution is -0.138. The maximum absolute atomic E-state index is 13.7. The zero-order chi connectivity index (χ0) is 50.2. The van der Waals surface area contributed by atoms with Crippen LogP contribution in [0.2, 0.25) is 0 Å². The lowest BCUT2D eigenvalue weighted by Crippen LogP contribution is -2.48. The number of carbonyl (C=O) groups excluding carboxylic acids is 7. The molecule has 69 heavy (non-hydrogen) atoms. The smallest absolute Gasteiger partial charge is 0.417 e. The van der Waals surface area contributed by atoms with E-state index in [1.807, 2.05) is 31.2 Å². The van der Waals surface area contributed by atoms with Crippen molar-refractivity contribution in [3.05, 3.63) is 94.6 Å². The van der Waals surface area contributed by atoms with E-state index in [2.05, 4.69) is 20.9 Å². The molecule has 362 valence electrons. The van der Waals surface area contributed by atoms with Gasteiger partial charge in [-0.15, -0.1) is 11.3 Å². The van der Waals surface area contributed by atoms with Crippen LogP contribution in [0.4, 0.5) is 24.5 Å². The van der Waals surface area contributed by atoms with Crippen molar-refractivity contribution in [1.82, 2.24) is 25.8 Å². The molecule has 5 amide bonds. The second-order valence-electron chi connectivity index (χ2n) is 16.7. The van der Waals surface area contributed by atoms with Gasteiger partial charge in [0.25, 0.3) is 5.91 Å². The Hall–Kier alpha value is -7.09. The average Bonchev–Trinajstić information content (AvgIpc) is 3.99. The zero-order valence-electron chi connectivity index (χ0n) is 37.6. The molecule has 4 N–H and O–H groups in total. The number of thiocarbonyl (C=S) groups is 1. The van der Waals surface area contributed by atoms with Gasteiger partial charge in [-0.2, -0.15) is 18.4 Å². The second-order valence-corrected chi connectivity index (χ2v) is 17.9. The van der Waals surface area contributed by atoms with E-state index >= 15 is 0 Å². The molecule has 0 aliphatic carbocycles. The van der Waals surface area contributed by atoms with Crippen molar-refractivity contribution in [2.75, 3.05) is 36.0 Å². The molecule has 2 atom stereocenters. The first-order valence-corrected chi connectivity index (χ1v) is 22.8. The number of hydrogen-bond acceptors (Lipinski definition) is 13. The second kappa shape index (κ2) is 21.9. The van der Waals surface area contributed by atoms with Crippen LogP contribution < -0.4 is 30.5 Å². The van der Waals surface area contributed by atoms with Crippen LogP contribution in [-0.4, -0.2) is 105 Å². The Morgan fingerprint density at radius 2 is 1.55 bits per heavy atom. The quantitative estimate of drug-likeness (QED) is 0.0949. The van der Waals surface area contributed by atoms with Gasteiger partial charge < -0.3 is 35.6 Å². The molecule has 0 bridgehead atoms. The number of amides is 5. The van der Waals surface area contributed by atoms with Crippen LogP contribution in [0, 0.1) is 18.3 Å². The van der Waals surface area contributed by atoms with E-state index in [9.17, 15) is 57.1 Å². The van der Waals surface area contributed by atoms with Gasteiger partial charge in [-0.25, -0.2) is 4.98 Å². The highest BCUT2D eigenvalue weighted by molar-refractivity contribution is 7.81. The van der Waals surface area contributed by atoms with E-state index < -0.39 is 95.8 Å². The summed E-state index contributed by atoms with van der Waals surface area (Å²) < 4.78 is 46.6. The molecule has 1 unspecified atom stereocenters. The van der Waals surface area contributed by atoms with Crippen molar-refractivity contribution in [3.63, 3.8) is 0 Å². The van der Waals surface area contributed by atoms with Gasteiger partial charge in [0.15, 0.2) is 16.7 Å². The zero-order valence-corrected chi connectivity index (χ0v) is 39.2. The van der Waals surface area contributed by atoms with E-state index in [0.29, 0.717) is 11.8 Å². The number of carbonyl (C=O) groups is 7. The topological polar surface area (TPSA) is 231 Å². The number of Topliss-reactive ketones (excluding diaryl/α,β-unsaturated/α-hetero) is 2. The fourth-order valence-corrected chi connectivity index (χ4v) is 8.96. The lowest BCUT2D eigenvalue weighted by Gasteiger charge is -2.29. The van der Waals surface area contributed by atoms with Gasteiger partial charge in [0.05, 0.1) is 58.2 Å². The molecule has 2 aliphatic rings. The largest absolute Gasteiger partial charge is 0.486 e. The number of benzene rings is 3. The molecule has 2 aliphatic heterocycles. The number of aliphatic hydroxyl groups is 1. The first-order valence-electron chi connectivity index (χ1n) is 21.5. The van der Waals surface area contributed by atoms with E-state index in [0.717, 1.165) is 32.7 Å². The van der Waals surface area contributed by atoms with Crippen molar-refractivity contribution >= 4 is 81.1 Å². The molecule has 3 aromatic carbocycles. The molecule has 0 saturated carbocycles. The molecule has 3 heterocycles. The highest BCUT2D eigenvalue weighted by atomic mass is 32.1. The summed E-state index contributed by atoms with van der Waals surface area (Å²) in [6.07, 6.45) is -6.75. The number of likely N-dealkylation sites (tertiary alicyclic amines) is 1. The minimum absolute atomic E-state index is 0.0302. The molecule has 2 fully saturated rings. The molecule has 2 saturated heterocycles. The fraction of sp³-hybridized carbons (Fsp3) is 0.362. The molecule has 4 aromatic rings. The number of nitrogens with zero attached hydrogens (tertiary/aromatic N) is 5. The third-order valence-corrected chi connectivity index (χ3v) is 12.7. The number of ketones is 2. The maximum atomic E-state index is 13.7. The highest BCUT2D eigenvalue weighted by Gasteiger charge is 2.51. The van der Waals surface area contributed by atoms with Crippen LogP contribution in [-0.2, 0) is 46.3 Å². The molecule has 17 nitrogen and oxygen atoms in total. The third-order valence-electron chi connectivity index (χ3n) is 11.4. The Balaban J connectivity index is 0.866. The Kier molecular flexibility index (Phi) is 16.3. The van der Waals surface area contributed by atoms with Gasteiger partial charge in [0, 0.05) is 50.9 Å². The summed E-state index contributed by atoms with van der Waals surface area (Å²) in [5, 5.41) is 27.0. The molecule has 22 heteroatoms. The Labute approximate surface area is 403 Å². The predicted octanol–water partition coefficient (Wildman–Crippen LogP) is 4.51. The van der Waals surface area contributed by atoms with Gasteiger partial charge in [-0.1, -0.05) is 24.3 Å². The van der Waals surface area contributed by atoms with Crippen LogP contribution >= 0.6 is 23.6 Å². The summed E-state index contributed by atoms with van der Waals surface area (Å²) in [5.74, 6) is -3.50. The summed E-state index contributed by atoms with van der Waals surface area (Å²) in [4.78, 5) is 98.3. The third kappa shape index (κ3) is 12.5. The number of ether oxygens (including phenoxy) is 1. The summed E-state index contributed by atoms with van der Waals surface area (Å²) in [6.45, 7) is 3.87. The van der Waals surface area contributed by atoms with Gasteiger partial charge in [-0.05, 0) is 86.6 Å². The van der Waals surface area contributed by atoms with Crippen LogP contribution in [0.1, 0.15) is 68.3 Å². The normalized spacial score (nSPS) is 16.5. The number of anilines is 2. The number of hydrogen-bond donors (Lipinski definition) is 4. The first-order chi connectivity index (χ1) is 32.7. The van der Waals surface area contributed by atoms with E-state index in [1.54, 1.807) is 31.5 Å². The number of aryl methyl sites for hydroxylation is 1. The Bertz CT molecular complexity index is 2690. The number of aliphatic hydroxyl groups excluding tert-OH is 1. The van der Waals surface area contributed by atoms with Gasteiger partial charge in [0.1, 0.15) is 23.9 Å². The number of nitrogens with one attached hydrogen (secondary N) is 3. The minimum Gasteiger partial charge on any atom is -0.486 e. The van der Waals surface area contributed by atoms with Crippen molar-refractivity contribution in [2.45, 2.75) is 83.3 Å². The SMILES string of the molecule is Cc1ncsc1-c1ccc(CNC(=O)C2C[C@H](O)CN2C(=O)CNC(=O)CCC(=O)CNC(=O)CCC(=O)COc2ccc(N3C(=S)N(c4ccc(C#N)c(C(F)(F)F)c4)C(=O)C3(C)C)cc2)cc1. The van der Waals surface area contributed by atoms with Crippen LogP contribution in [0.25, 0.3) is 10.4 Å². The van der Waals surface area contributed by atoms with E-state index in [1.165, 1.54) is 45.4 Å². The highest BCUT2D eigenvalue weighted by Crippen LogP contribution is 2.40. The van der Waals surface area contributed by atoms with E-state index in [-0.39, 0.29) is 61.7 Å². The van der Waals surface area contributed by atoms with Crippen LogP contribution in [0.15, 0.2) is 72.2 Å². The number of halogens is 3. The number of aromatic nitrogens is 1. The van der Waals surface area contributed by atoms with Crippen molar-refractivity contribution in [1.29, 1.82) is 5.26 Å². The van der Waals surface area contributed by atoms with Crippen LogP contribution in [0.5, 0.6) is 5.75 Å². The standard InChI is InChI=1S/C47H47F3N8O9S2/c1-27-42(69-26-55-27)29-6-4-28(5-7-29)21-54-43(65)38-19-35(61)24-56(38)41(64)23-53-40(63)16-12-33(59)22-52-39(62)17-13-34(60)25-67-36-14-10-31(11-15-36)58-45(68)57(44(66)46(58,2)3)32-9-8-30(20-51)37(18-32)47(48,49)50/h4-11,14-15,18,26,35,38,61H,12-13,16-17,19,21-25H2,1-3H3,(H,52,62)(H,53,63)(H,54,65)/t35-,38?/m0/s1. The first kappa shape index (κ1) is 51.3. The Morgan fingerprint density at radius 1 is 0.913 bits per heavy atom. The lowest BCUT2D eigenvalue weighted by atomic mass is 10.0. The van der Waals surface area contributed by atoms with Gasteiger partial charge >= 0.3 is 6.18 Å². The monoisotopic (exact) mass is 988 g/mol. The van der Waals surface area contributed by atoms with Gasteiger partial charge in [0.2, 0.25) is 23.6 Å². The predicted molar refractivity (Wildman–Crippen MR) is 249 cm³/mol.